The molecule has 62 valence electrons. The third kappa shape index (κ3) is 1.13. The Morgan fingerprint density at radius 3 is 2.82 bits per heavy atom. The third-order valence-electron chi connectivity index (χ3n) is 2.86. The number of carbonyl (C=O) groups excluding carboxylic acids is 1. The van der Waals surface area contributed by atoms with Crippen molar-refractivity contribution in [3.8, 4) is 0 Å². The van der Waals surface area contributed by atoms with Gasteiger partial charge in [-0.05, 0) is 25.8 Å². The van der Waals surface area contributed by atoms with E-state index in [4.69, 9.17) is 0 Å². The highest BCUT2D eigenvalue weighted by Crippen LogP contribution is 2.28. The van der Waals surface area contributed by atoms with Gasteiger partial charge in [-0.2, -0.15) is 0 Å². The Bertz CT molecular complexity index is 165. The number of rotatable bonds is 1. The normalized spacial score (nSPS) is 36.9. The number of hydrogen-bond donors (Lipinski definition) is 1. The lowest BCUT2D eigenvalue weighted by Crippen LogP contribution is -2.64. The molecular weight excluding hydrogens is 140 g/mol. The van der Waals surface area contributed by atoms with E-state index in [1.807, 2.05) is 4.90 Å². The molecule has 3 nitrogen and oxygen atoms in total. The van der Waals surface area contributed by atoms with Gasteiger partial charge in [-0.1, -0.05) is 0 Å². The Labute approximate surface area is 66.8 Å². The van der Waals surface area contributed by atoms with Crippen LogP contribution in [-0.4, -0.2) is 36.5 Å². The minimum atomic E-state index is 0.319. The van der Waals surface area contributed by atoms with Gasteiger partial charge >= 0.3 is 0 Å². The van der Waals surface area contributed by atoms with E-state index in [0.29, 0.717) is 5.54 Å². The van der Waals surface area contributed by atoms with E-state index in [9.17, 15) is 4.79 Å². The van der Waals surface area contributed by atoms with E-state index in [1.165, 1.54) is 12.8 Å². The van der Waals surface area contributed by atoms with Gasteiger partial charge in [-0.25, -0.2) is 0 Å². The zero-order valence-corrected chi connectivity index (χ0v) is 6.68. The summed E-state index contributed by atoms with van der Waals surface area (Å²) >= 11 is 0. The molecule has 0 saturated carbocycles. The maximum atomic E-state index is 10.5. The highest BCUT2D eigenvalue weighted by Gasteiger charge is 2.39. The van der Waals surface area contributed by atoms with Gasteiger partial charge in [0.25, 0.3) is 0 Å². The van der Waals surface area contributed by atoms with E-state index in [2.05, 4.69) is 5.32 Å². The monoisotopic (exact) mass is 154 g/mol. The molecule has 0 aliphatic carbocycles. The molecule has 2 saturated heterocycles. The SMILES string of the molecule is O=CN1CCCC2(CCN2)C1. The maximum Gasteiger partial charge on any atom is 0.209 e. The summed E-state index contributed by atoms with van der Waals surface area (Å²) < 4.78 is 0. The van der Waals surface area contributed by atoms with Gasteiger partial charge in [-0.15, -0.1) is 0 Å². The van der Waals surface area contributed by atoms with Crippen molar-refractivity contribution in [2.75, 3.05) is 19.6 Å². The van der Waals surface area contributed by atoms with Crippen LogP contribution in [0.2, 0.25) is 0 Å². The first kappa shape index (κ1) is 7.10. The average Bonchev–Trinajstić information content (AvgIpc) is 2.02. The van der Waals surface area contributed by atoms with Crippen molar-refractivity contribution in [2.45, 2.75) is 24.8 Å². The zero-order valence-electron chi connectivity index (χ0n) is 6.68. The largest absolute Gasteiger partial charge is 0.343 e. The summed E-state index contributed by atoms with van der Waals surface area (Å²) in [5.74, 6) is 0. The van der Waals surface area contributed by atoms with Crippen molar-refractivity contribution in [1.29, 1.82) is 0 Å². The summed E-state index contributed by atoms with van der Waals surface area (Å²) in [6.45, 7) is 3.01. The zero-order chi connectivity index (χ0) is 7.73. The van der Waals surface area contributed by atoms with E-state index >= 15 is 0 Å². The van der Waals surface area contributed by atoms with Crippen LogP contribution in [-0.2, 0) is 4.79 Å². The second-order valence-electron chi connectivity index (χ2n) is 3.64. The summed E-state index contributed by atoms with van der Waals surface area (Å²) in [7, 11) is 0. The first-order valence-electron chi connectivity index (χ1n) is 4.29. The number of likely N-dealkylation sites (tertiary alicyclic amines) is 1. The molecule has 0 aromatic carbocycles. The second kappa shape index (κ2) is 2.48. The Hall–Kier alpha value is -0.570. The first-order valence-corrected chi connectivity index (χ1v) is 4.29. The molecule has 0 bridgehead atoms. The van der Waals surface area contributed by atoms with E-state index in [-0.39, 0.29) is 0 Å². The molecule has 0 aromatic heterocycles. The quantitative estimate of drug-likeness (QED) is 0.538. The number of piperidine rings is 1. The summed E-state index contributed by atoms with van der Waals surface area (Å²) in [4.78, 5) is 12.4. The number of nitrogens with one attached hydrogen (secondary N) is 1. The molecule has 0 radical (unpaired) electrons. The van der Waals surface area contributed by atoms with Gasteiger partial charge in [0, 0.05) is 18.6 Å². The fourth-order valence-corrected chi connectivity index (χ4v) is 2.08. The van der Waals surface area contributed by atoms with Crippen molar-refractivity contribution in [2.24, 2.45) is 0 Å². The van der Waals surface area contributed by atoms with E-state index < -0.39 is 0 Å². The summed E-state index contributed by atoms with van der Waals surface area (Å²) in [5.41, 5.74) is 0.319. The predicted octanol–water partition coefficient (Wildman–Crippen LogP) is -0.0293. The van der Waals surface area contributed by atoms with Gasteiger partial charge in [0.2, 0.25) is 6.41 Å². The Morgan fingerprint density at radius 2 is 2.27 bits per heavy atom. The number of nitrogens with zero attached hydrogens (tertiary/aromatic N) is 1. The minimum Gasteiger partial charge on any atom is -0.343 e. The Balaban J connectivity index is 1.97. The maximum absolute atomic E-state index is 10.5. The molecule has 2 aliphatic rings. The molecule has 2 fully saturated rings. The van der Waals surface area contributed by atoms with E-state index in [0.717, 1.165) is 32.5 Å². The summed E-state index contributed by atoms with van der Waals surface area (Å²) in [5, 5.41) is 3.42. The highest BCUT2D eigenvalue weighted by molar-refractivity contribution is 5.47. The summed E-state index contributed by atoms with van der Waals surface area (Å²) in [6, 6.07) is 0. The van der Waals surface area contributed by atoms with Crippen molar-refractivity contribution < 1.29 is 4.79 Å². The van der Waals surface area contributed by atoms with Gasteiger partial charge in [0.05, 0.1) is 0 Å². The number of hydrogen-bond acceptors (Lipinski definition) is 2. The number of amides is 1. The van der Waals surface area contributed by atoms with Crippen LogP contribution < -0.4 is 5.32 Å². The fraction of sp³-hybridized carbons (Fsp3) is 0.875. The van der Waals surface area contributed by atoms with Gasteiger partial charge in [-0.3, -0.25) is 4.79 Å². The molecule has 1 spiro atoms. The highest BCUT2D eigenvalue weighted by atomic mass is 16.1. The first-order chi connectivity index (χ1) is 5.35. The molecule has 11 heavy (non-hydrogen) atoms. The van der Waals surface area contributed by atoms with Crippen LogP contribution in [0.15, 0.2) is 0 Å². The van der Waals surface area contributed by atoms with Crippen molar-refractivity contribution in [3.05, 3.63) is 0 Å². The molecule has 1 N–H and O–H groups in total. The molecule has 2 aliphatic heterocycles. The summed E-state index contributed by atoms with van der Waals surface area (Å²) in [6.07, 6.45) is 4.63. The topological polar surface area (TPSA) is 32.3 Å². The molecule has 2 rings (SSSR count). The van der Waals surface area contributed by atoms with Crippen molar-refractivity contribution >= 4 is 6.41 Å². The Morgan fingerprint density at radius 1 is 1.45 bits per heavy atom. The van der Waals surface area contributed by atoms with Crippen LogP contribution in [0.1, 0.15) is 19.3 Å². The van der Waals surface area contributed by atoms with Crippen molar-refractivity contribution in [1.82, 2.24) is 10.2 Å². The molecule has 2 heterocycles. The molecule has 3 heteroatoms. The van der Waals surface area contributed by atoms with Gasteiger partial charge in [0.1, 0.15) is 0 Å². The predicted molar refractivity (Wildman–Crippen MR) is 42.2 cm³/mol. The van der Waals surface area contributed by atoms with Crippen LogP contribution in [0, 0.1) is 0 Å². The molecule has 1 amide bonds. The fourth-order valence-electron chi connectivity index (χ4n) is 2.08. The lowest BCUT2D eigenvalue weighted by atomic mass is 9.80. The lowest BCUT2D eigenvalue weighted by molar-refractivity contribution is -0.121. The Kier molecular flexibility index (Phi) is 1.60. The molecular formula is C8H14N2O. The van der Waals surface area contributed by atoms with Gasteiger partial charge < -0.3 is 10.2 Å². The lowest BCUT2D eigenvalue weighted by Gasteiger charge is -2.48. The standard InChI is InChI=1S/C8H14N2O/c11-7-10-5-1-2-8(6-10)3-4-9-8/h7,9H,1-6H2. The van der Waals surface area contributed by atoms with Crippen molar-refractivity contribution in [3.63, 3.8) is 0 Å². The van der Waals surface area contributed by atoms with Crippen LogP contribution in [0.5, 0.6) is 0 Å². The molecule has 0 aromatic rings. The molecule has 1 unspecified atom stereocenters. The van der Waals surface area contributed by atoms with Crippen LogP contribution in [0.3, 0.4) is 0 Å². The molecule has 1 atom stereocenters. The van der Waals surface area contributed by atoms with Crippen LogP contribution >= 0.6 is 0 Å². The van der Waals surface area contributed by atoms with Crippen LogP contribution in [0.25, 0.3) is 0 Å². The third-order valence-corrected chi connectivity index (χ3v) is 2.86. The van der Waals surface area contributed by atoms with E-state index in [1.54, 1.807) is 0 Å². The smallest absolute Gasteiger partial charge is 0.209 e. The minimum absolute atomic E-state index is 0.319. The average molecular weight is 154 g/mol. The second-order valence-corrected chi connectivity index (χ2v) is 3.64. The van der Waals surface area contributed by atoms with Gasteiger partial charge in [0.15, 0.2) is 0 Å². The number of carbonyl (C=O) groups is 1. The van der Waals surface area contributed by atoms with Crippen LogP contribution in [0.4, 0.5) is 0 Å².